The quantitative estimate of drug-likeness (QED) is 0.695. The highest BCUT2D eigenvalue weighted by atomic mass is 32.1. The van der Waals surface area contributed by atoms with Crippen LogP contribution in [0.25, 0.3) is 0 Å². The monoisotopic (exact) mass is 336 g/mol. The predicted molar refractivity (Wildman–Crippen MR) is 104 cm³/mol. The van der Waals surface area contributed by atoms with Gasteiger partial charge in [0, 0.05) is 18.0 Å². The summed E-state index contributed by atoms with van der Waals surface area (Å²) in [5, 5.41) is 11.3. The summed E-state index contributed by atoms with van der Waals surface area (Å²) in [6, 6.07) is 18.4. The van der Waals surface area contributed by atoms with Crippen molar-refractivity contribution in [3.63, 3.8) is 0 Å². The zero-order chi connectivity index (χ0) is 16.9. The third-order valence-electron chi connectivity index (χ3n) is 3.62. The van der Waals surface area contributed by atoms with Gasteiger partial charge in [-0.15, -0.1) is 0 Å². The number of rotatable bonds is 4. The molecular formula is C19H20N4S. The van der Waals surface area contributed by atoms with Crippen molar-refractivity contribution in [2.24, 2.45) is 0 Å². The highest BCUT2D eigenvalue weighted by molar-refractivity contribution is 7.80. The van der Waals surface area contributed by atoms with E-state index in [1.54, 1.807) is 0 Å². The lowest BCUT2D eigenvalue weighted by molar-refractivity contribution is 0.689. The predicted octanol–water partition coefficient (Wildman–Crippen LogP) is 4.36. The van der Waals surface area contributed by atoms with Gasteiger partial charge in [0.25, 0.3) is 0 Å². The maximum atomic E-state index is 5.34. The molecule has 24 heavy (non-hydrogen) atoms. The summed E-state index contributed by atoms with van der Waals surface area (Å²) in [5.41, 5.74) is 4.65. The fourth-order valence-electron chi connectivity index (χ4n) is 2.43. The Morgan fingerprint density at radius 1 is 1.00 bits per heavy atom. The van der Waals surface area contributed by atoms with E-state index in [-0.39, 0.29) is 0 Å². The van der Waals surface area contributed by atoms with Crippen LogP contribution in [0.5, 0.6) is 0 Å². The van der Waals surface area contributed by atoms with Gasteiger partial charge in [-0.25, -0.2) is 0 Å². The minimum atomic E-state index is 0.527. The number of aryl methyl sites for hydroxylation is 2. The highest BCUT2D eigenvalue weighted by Crippen LogP contribution is 2.11. The molecule has 0 unspecified atom stereocenters. The number of nitrogens with one attached hydrogen (secondary N) is 2. The van der Waals surface area contributed by atoms with Gasteiger partial charge >= 0.3 is 0 Å². The first kappa shape index (κ1) is 16.2. The maximum absolute atomic E-state index is 5.34. The van der Waals surface area contributed by atoms with Gasteiger partial charge in [-0.3, -0.25) is 4.68 Å². The molecule has 0 amide bonds. The molecule has 5 heteroatoms. The average Bonchev–Trinajstić information content (AvgIpc) is 2.96. The van der Waals surface area contributed by atoms with Crippen LogP contribution in [-0.2, 0) is 6.54 Å². The van der Waals surface area contributed by atoms with Crippen LogP contribution >= 0.6 is 12.2 Å². The smallest absolute Gasteiger partial charge is 0.176 e. The topological polar surface area (TPSA) is 41.9 Å². The first-order valence-electron chi connectivity index (χ1n) is 7.82. The van der Waals surface area contributed by atoms with E-state index in [4.69, 9.17) is 12.2 Å². The molecule has 0 bridgehead atoms. The van der Waals surface area contributed by atoms with E-state index in [1.807, 2.05) is 41.2 Å². The Kier molecular flexibility index (Phi) is 4.91. The largest absolute Gasteiger partial charge is 0.332 e. The second-order valence-electron chi connectivity index (χ2n) is 5.83. The van der Waals surface area contributed by atoms with Crippen molar-refractivity contribution in [3.8, 4) is 0 Å². The van der Waals surface area contributed by atoms with E-state index >= 15 is 0 Å². The molecule has 2 aromatic carbocycles. The van der Waals surface area contributed by atoms with Crippen molar-refractivity contribution >= 4 is 28.8 Å². The molecule has 2 N–H and O–H groups in total. The van der Waals surface area contributed by atoms with E-state index in [2.05, 4.69) is 53.8 Å². The minimum absolute atomic E-state index is 0.527. The number of benzene rings is 2. The van der Waals surface area contributed by atoms with Crippen LogP contribution in [0.4, 0.5) is 11.5 Å². The van der Waals surface area contributed by atoms with E-state index in [9.17, 15) is 0 Å². The summed E-state index contributed by atoms with van der Waals surface area (Å²) in [7, 11) is 0. The number of hydrogen-bond donors (Lipinski definition) is 2. The van der Waals surface area contributed by atoms with Crippen LogP contribution in [0.3, 0.4) is 0 Å². The maximum Gasteiger partial charge on any atom is 0.176 e. The molecule has 3 rings (SSSR count). The summed E-state index contributed by atoms with van der Waals surface area (Å²) in [4.78, 5) is 0. The molecule has 3 aromatic rings. The number of thiocarbonyl (C=S) groups is 1. The van der Waals surface area contributed by atoms with Crippen LogP contribution in [0.2, 0.25) is 0 Å². The molecule has 0 saturated carbocycles. The highest BCUT2D eigenvalue weighted by Gasteiger charge is 2.03. The Bertz CT molecular complexity index is 837. The fourth-order valence-corrected chi connectivity index (χ4v) is 2.65. The van der Waals surface area contributed by atoms with Crippen molar-refractivity contribution in [2.75, 3.05) is 10.6 Å². The SMILES string of the molecule is Cc1ccc(NC(=S)Nc2ccn(Cc3cccc(C)c3)n2)cc1. The molecule has 4 nitrogen and oxygen atoms in total. The molecule has 0 radical (unpaired) electrons. The lowest BCUT2D eigenvalue weighted by atomic mass is 10.1. The van der Waals surface area contributed by atoms with E-state index in [0.29, 0.717) is 5.11 Å². The number of aromatic nitrogens is 2. The number of nitrogens with zero attached hydrogens (tertiary/aromatic N) is 2. The molecule has 122 valence electrons. The Labute approximate surface area is 147 Å². The second kappa shape index (κ2) is 7.27. The first-order chi connectivity index (χ1) is 11.6. The number of anilines is 2. The Morgan fingerprint density at radius 2 is 1.79 bits per heavy atom. The van der Waals surface area contributed by atoms with E-state index < -0.39 is 0 Å². The first-order valence-corrected chi connectivity index (χ1v) is 8.23. The van der Waals surface area contributed by atoms with Gasteiger partial charge in [0.2, 0.25) is 0 Å². The third-order valence-corrected chi connectivity index (χ3v) is 3.82. The summed E-state index contributed by atoms with van der Waals surface area (Å²) in [6.07, 6.45) is 1.94. The van der Waals surface area contributed by atoms with Crippen molar-refractivity contribution in [1.29, 1.82) is 0 Å². The molecule has 0 aliphatic heterocycles. The molecule has 0 fully saturated rings. The average molecular weight is 336 g/mol. The van der Waals surface area contributed by atoms with Crippen molar-refractivity contribution in [1.82, 2.24) is 9.78 Å². The Hall–Kier alpha value is -2.66. The van der Waals surface area contributed by atoms with Gasteiger partial charge in [0.1, 0.15) is 0 Å². The summed E-state index contributed by atoms with van der Waals surface area (Å²) >= 11 is 5.34. The molecule has 1 heterocycles. The lowest BCUT2D eigenvalue weighted by Crippen LogP contribution is -2.19. The van der Waals surface area contributed by atoms with Crippen LogP contribution < -0.4 is 10.6 Å². The van der Waals surface area contributed by atoms with Gasteiger partial charge in [0.15, 0.2) is 10.9 Å². The molecule has 0 atom stereocenters. The third kappa shape index (κ3) is 4.43. The van der Waals surface area contributed by atoms with Crippen LogP contribution in [0.1, 0.15) is 16.7 Å². The van der Waals surface area contributed by atoms with Gasteiger partial charge in [-0.2, -0.15) is 5.10 Å². The second-order valence-corrected chi connectivity index (χ2v) is 6.24. The minimum Gasteiger partial charge on any atom is -0.332 e. The van der Waals surface area contributed by atoms with Crippen molar-refractivity contribution in [2.45, 2.75) is 20.4 Å². The standard InChI is InChI=1S/C19H20N4S/c1-14-6-8-17(9-7-14)20-19(24)21-18-10-11-23(22-18)13-16-5-3-4-15(2)12-16/h3-12H,13H2,1-2H3,(H2,20,21,22,24). The molecule has 0 aliphatic rings. The zero-order valence-electron chi connectivity index (χ0n) is 13.8. The summed E-state index contributed by atoms with van der Waals surface area (Å²) in [5.74, 6) is 0.729. The van der Waals surface area contributed by atoms with Crippen molar-refractivity contribution < 1.29 is 0 Å². The summed E-state index contributed by atoms with van der Waals surface area (Å²) in [6.45, 7) is 4.89. The lowest BCUT2D eigenvalue weighted by Gasteiger charge is -2.09. The van der Waals surface area contributed by atoms with Gasteiger partial charge in [-0.05, 0) is 43.8 Å². The van der Waals surface area contributed by atoms with E-state index in [0.717, 1.165) is 18.1 Å². The van der Waals surface area contributed by atoms with Crippen LogP contribution in [-0.4, -0.2) is 14.9 Å². The van der Waals surface area contributed by atoms with E-state index in [1.165, 1.54) is 16.7 Å². The molecular weight excluding hydrogens is 316 g/mol. The zero-order valence-corrected chi connectivity index (χ0v) is 14.6. The Morgan fingerprint density at radius 3 is 2.54 bits per heavy atom. The Balaban J connectivity index is 1.59. The number of hydrogen-bond acceptors (Lipinski definition) is 2. The fraction of sp³-hybridized carbons (Fsp3) is 0.158. The summed E-state index contributed by atoms with van der Waals surface area (Å²) < 4.78 is 1.89. The van der Waals surface area contributed by atoms with Gasteiger partial charge in [0.05, 0.1) is 6.54 Å². The van der Waals surface area contributed by atoms with Crippen LogP contribution in [0.15, 0.2) is 60.8 Å². The van der Waals surface area contributed by atoms with Crippen LogP contribution in [0, 0.1) is 13.8 Å². The molecule has 0 spiro atoms. The molecule has 0 aliphatic carbocycles. The normalized spacial score (nSPS) is 10.4. The van der Waals surface area contributed by atoms with Gasteiger partial charge < -0.3 is 10.6 Å². The van der Waals surface area contributed by atoms with Crippen molar-refractivity contribution in [3.05, 3.63) is 77.5 Å². The van der Waals surface area contributed by atoms with Gasteiger partial charge in [-0.1, -0.05) is 47.5 Å². The molecule has 1 aromatic heterocycles. The molecule has 0 saturated heterocycles.